The van der Waals surface area contributed by atoms with E-state index in [1.165, 1.54) is 42.7 Å². The van der Waals surface area contributed by atoms with Crippen molar-refractivity contribution in [2.75, 3.05) is 12.8 Å². The van der Waals surface area contributed by atoms with Crippen molar-refractivity contribution in [2.45, 2.75) is 50.0 Å². The van der Waals surface area contributed by atoms with Gasteiger partial charge in [-0.05, 0) is 62.1 Å². The zero-order chi connectivity index (χ0) is 13.0. The molecule has 0 radical (unpaired) electrons. The third kappa shape index (κ3) is 3.52. The van der Waals surface area contributed by atoms with Gasteiger partial charge in [0.1, 0.15) is 0 Å². The van der Waals surface area contributed by atoms with E-state index in [-0.39, 0.29) is 0 Å². The molecule has 1 fully saturated rings. The molecule has 0 bridgehead atoms. The number of hydrogen-bond acceptors (Lipinski definition) is 2. The zero-order valence-electron chi connectivity index (χ0n) is 11.8. The summed E-state index contributed by atoms with van der Waals surface area (Å²) in [5, 5.41) is 3.77. The van der Waals surface area contributed by atoms with E-state index < -0.39 is 0 Å². The molecule has 1 nitrogen and oxygen atoms in total. The predicted octanol–water partition coefficient (Wildman–Crippen LogP) is 4.12. The van der Waals surface area contributed by atoms with Crippen molar-refractivity contribution in [3.05, 3.63) is 29.8 Å². The van der Waals surface area contributed by atoms with Gasteiger partial charge in [0.15, 0.2) is 0 Å². The van der Waals surface area contributed by atoms with Crippen LogP contribution >= 0.6 is 11.8 Å². The van der Waals surface area contributed by atoms with Crippen molar-refractivity contribution in [1.29, 1.82) is 0 Å². The van der Waals surface area contributed by atoms with Gasteiger partial charge in [0, 0.05) is 10.4 Å². The number of benzene rings is 1. The van der Waals surface area contributed by atoms with Crippen molar-refractivity contribution in [2.24, 2.45) is 5.92 Å². The second-order valence-corrected chi connectivity index (χ2v) is 6.81. The molecule has 1 atom stereocenters. The van der Waals surface area contributed by atoms with Gasteiger partial charge in [0.05, 0.1) is 0 Å². The quantitative estimate of drug-likeness (QED) is 0.802. The van der Waals surface area contributed by atoms with Gasteiger partial charge in [-0.25, -0.2) is 0 Å². The molecule has 1 aliphatic heterocycles. The standard InChI is InChI=1S/C16H25NS/c1-13(2)11-16(9-4-10-17-16)12-14-5-7-15(18-3)8-6-14/h5-8,13,17H,4,9-12H2,1-3H3. The SMILES string of the molecule is CSc1ccc(CC2(CC(C)C)CCCN2)cc1. The third-order valence-corrected chi connectivity index (χ3v) is 4.58. The van der Waals surface area contributed by atoms with Crippen molar-refractivity contribution in [1.82, 2.24) is 5.32 Å². The first kappa shape index (κ1) is 14.0. The second-order valence-electron chi connectivity index (χ2n) is 5.93. The van der Waals surface area contributed by atoms with E-state index in [1.807, 2.05) is 11.8 Å². The molecule has 0 spiro atoms. The molecule has 0 aromatic heterocycles. The predicted molar refractivity (Wildman–Crippen MR) is 81.3 cm³/mol. The molecule has 1 aromatic carbocycles. The van der Waals surface area contributed by atoms with Gasteiger partial charge in [-0.15, -0.1) is 11.8 Å². The summed E-state index contributed by atoms with van der Waals surface area (Å²) in [6.07, 6.45) is 7.26. The molecule has 2 heteroatoms. The van der Waals surface area contributed by atoms with Crippen LogP contribution < -0.4 is 5.32 Å². The maximum atomic E-state index is 3.77. The first-order valence-corrected chi connectivity index (χ1v) is 8.24. The molecule has 1 aliphatic rings. The Bertz CT molecular complexity index is 363. The van der Waals surface area contributed by atoms with Crippen molar-refractivity contribution in [3.8, 4) is 0 Å². The van der Waals surface area contributed by atoms with E-state index >= 15 is 0 Å². The molecule has 0 aliphatic carbocycles. The average Bonchev–Trinajstić information content (AvgIpc) is 2.77. The fraction of sp³-hybridized carbons (Fsp3) is 0.625. The van der Waals surface area contributed by atoms with Gasteiger partial charge in [0.2, 0.25) is 0 Å². The van der Waals surface area contributed by atoms with Gasteiger partial charge in [-0.2, -0.15) is 0 Å². The highest BCUT2D eigenvalue weighted by Crippen LogP contribution is 2.31. The van der Waals surface area contributed by atoms with Crippen LogP contribution in [0.1, 0.15) is 38.7 Å². The Morgan fingerprint density at radius 3 is 2.50 bits per heavy atom. The van der Waals surface area contributed by atoms with Gasteiger partial charge >= 0.3 is 0 Å². The van der Waals surface area contributed by atoms with Crippen LogP contribution in [0.4, 0.5) is 0 Å². The van der Waals surface area contributed by atoms with E-state index in [4.69, 9.17) is 0 Å². The summed E-state index contributed by atoms with van der Waals surface area (Å²) in [7, 11) is 0. The first-order chi connectivity index (χ1) is 8.63. The minimum atomic E-state index is 0.356. The molecular formula is C16H25NS. The highest BCUT2D eigenvalue weighted by atomic mass is 32.2. The second kappa shape index (κ2) is 6.12. The Hall–Kier alpha value is -0.470. The Balaban J connectivity index is 2.08. The Kier molecular flexibility index (Phi) is 4.74. The average molecular weight is 263 g/mol. The van der Waals surface area contributed by atoms with Crippen LogP contribution in [0.15, 0.2) is 29.2 Å². The van der Waals surface area contributed by atoms with Crippen LogP contribution in [0.3, 0.4) is 0 Å². The normalized spacial score (nSPS) is 23.8. The molecule has 100 valence electrons. The highest BCUT2D eigenvalue weighted by molar-refractivity contribution is 7.98. The number of nitrogens with one attached hydrogen (secondary N) is 1. The van der Waals surface area contributed by atoms with Gasteiger partial charge in [-0.3, -0.25) is 0 Å². The number of hydrogen-bond donors (Lipinski definition) is 1. The van der Waals surface area contributed by atoms with E-state index in [0.29, 0.717) is 5.54 Å². The third-order valence-electron chi connectivity index (χ3n) is 3.83. The molecule has 2 rings (SSSR count). The summed E-state index contributed by atoms with van der Waals surface area (Å²) in [6, 6.07) is 9.10. The largest absolute Gasteiger partial charge is 0.311 e. The summed E-state index contributed by atoms with van der Waals surface area (Å²) >= 11 is 1.81. The summed E-state index contributed by atoms with van der Waals surface area (Å²) < 4.78 is 0. The Morgan fingerprint density at radius 1 is 1.28 bits per heavy atom. The minimum Gasteiger partial charge on any atom is -0.311 e. The lowest BCUT2D eigenvalue weighted by atomic mass is 9.82. The highest BCUT2D eigenvalue weighted by Gasteiger charge is 2.33. The van der Waals surface area contributed by atoms with Crippen LogP contribution in [-0.2, 0) is 6.42 Å². The lowest BCUT2D eigenvalue weighted by molar-refractivity contribution is 0.301. The summed E-state index contributed by atoms with van der Waals surface area (Å²) in [5.41, 5.74) is 1.83. The molecule has 1 unspecified atom stereocenters. The lowest BCUT2D eigenvalue weighted by Gasteiger charge is -2.31. The van der Waals surface area contributed by atoms with E-state index in [0.717, 1.165) is 5.92 Å². The van der Waals surface area contributed by atoms with Crippen LogP contribution in [-0.4, -0.2) is 18.3 Å². The summed E-state index contributed by atoms with van der Waals surface area (Å²) in [6.45, 7) is 5.85. The van der Waals surface area contributed by atoms with E-state index in [1.54, 1.807) is 0 Å². The Morgan fingerprint density at radius 2 is 2.00 bits per heavy atom. The van der Waals surface area contributed by atoms with Gasteiger partial charge in [-0.1, -0.05) is 26.0 Å². The van der Waals surface area contributed by atoms with Gasteiger partial charge < -0.3 is 5.32 Å². The van der Waals surface area contributed by atoms with Gasteiger partial charge in [0.25, 0.3) is 0 Å². The molecule has 1 aromatic rings. The maximum absolute atomic E-state index is 3.77. The maximum Gasteiger partial charge on any atom is 0.0224 e. The fourth-order valence-corrected chi connectivity index (χ4v) is 3.59. The van der Waals surface area contributed by atoms with E-state index in [2.05, 4.69) is 49.7 Å². The van der Waals surface area contributed by atoms with Crippen molar-refractivity contribution < 1.29 is 0 Å². The molecule has 0 saturated carbocycles. The zero-order valence-corrected chi connectivity index (χ0v) is 12.6. The smallest absolute Gasteiger partial charge is 0.0224 e. The van der Waals surface area contributed by atoms with Crippen LogP contribution in [0.2, 0.25) is 0 Å². The van der Waals surface area contributed by atoms with Crippen molar-refractivity contribution in [3.63, 3.8) is 0 Å². The fourth-order valence-electron chi connectivity index (χ4n) is 3.18. The first-order valence-electron chi connectivity index (χ1n) is 7.01. The van der Waals surface area contributed by atoms with Crippen LogP contribution in [0.5, 0.6) is 0 Å². The van der Waals surface area contributed by atoms with Crippen molar-refractivity contribution >= 4 is 11.8 Å². The number of thioether (sulfide) groups is 1. The van der Waals surface area contributed by atoms with E-state index in [9.17, 15) is 0 Å². The lowest BCUT2D eigenvalue weighted by Crippen LogP contribution is -2.43. The summed E-state index contributed by atoms with van der Waals surface area (Å²) in [5.74, 6) is 0.765. The van der Waals surface area contributed by atoms with Crippen LogP contribution in [0.25, 0.3) is 0 Å². The molecule has 18 heavy (non-hydrogen) atoms. The number of rotatable bonds is 5. The minimum absolute atomic E-state index is 0.356. The Labute approximate surface area is 116 Å². The topological polar surface area (TPSA) is 12.0 Å². The molecular weight excluding hydrogens is 238 g/mol. The molecule has 0 amide bonds. The molecule has 1 N–H and O–H groups in total. The summed E-state index contributed by atoms with van der Waals surface area (Å²) in [4.78, 5) is 1.36. The molecule has 1 saturated heterocycles. The van der Waals surface area contributed by atoms with Crippen LogP contribution in [0, 0.1) is 5.92 Å². The monoisotopic (exact) mass is 263 g/mol. The molecule has 1 heterocycles.